The number of ketones is 1. The third-order valence-corrected chi connectivity index (χ3v) is 2.42. The molecule has 0 heterocycles. The van der Waals surface area contributed by atoms with Gasteiger partial charge in [-0.15, -0.1) is 0 Å². The second kappa shape index (κ2) is 5.71. The van der Waals surface area contributed by atoms with Crippen molar-refractivity contribution < 1.29 is 23.1 Å². The minimum Gasteiger partial charge on any atom is -0.460 e. The molecule has 1 aromatic carbocycles. The average molecular weight is 256 g/mol. The lowest BCUT2D eigenvalue weighted by Gasteiger charge is -2.09. The van der Waals surface area contributed by atoms with Crippen LogP contribution in [0.2, 0.25) is 0 Å². The first-order valence-electron chi connectivity index (χ1n) is 5.58. The monoisotopic (exact) mass is 256 g/mol. The van der Waals surface area contributed by atoms with Crippen molar-refractivity contribution in [3.8, 4) is 0 Å². The van der Waals surface area contributed by atoms with Crippen LogP contribution in [0.4, 0.5) is 8.78 Å². The Hall–Kier alpha value is -1.78. The number of benzene rings is 1. The third kappa shape index (κ3) is 2.91. The lowest BCUT2D eigenvalue weighted by Crippen LogP contribution is -2.19. The molecule has 0 saturated heterocycles. The maximum atomic E-state index is 13.5. The number of carbonyl (C=O) groups excluding carboxylic acids is 2. The molecule has 5 heteroatoms. The van der Waals surface area contributed by atoms with E-state index >= 15 is 0 Å². The van der Waals surface area contributed by atoms with E-state index in [1.807, 2.05) is 0 Å². The van der Waals surface area contributed by atoms with Crippen LogP contribution in [-0.2, 0) is 9.53 Å². The molecule has 0 amide bonds. The minimum atomic E-state index is -1.32. The Labute approximate surface area is 104 Å². The number of rotatable bonds is 4. The van der Waals surface area contributed by atoms with Crippen molar-refractivity contribution in [1.29, 1.82) is 0 Å². The first kappa shape index (κ1) is 14.3. The highest BCUT2D eigenvalue weighted by atomic mass is 19.2. The second-order valence-electron chi connectivity index (χ2n) is 4.07. The standard InChI is InChI=1S/C13H14F2O3/c1-4-18-13(17)12(16)9-5-8(7(2)3)6-10(14)11(9)15/h5-7H,4H2,1-3H3. The summed E-state index contributed by atoms with van der Waals surface area (Å²) >= 11 is 0. The van der Waals surface area contributed by atoms with Gasteiger partial charge in [-0.1, -0.05) is 13.8 Å². The predicted molar refractivity (Wildman–Crippen MR) is 61.4 cm³/mol. The molecule has 0 aliphatic rings. The summed E-state index contributed by atoms with van der Waals surface area (Å²) in [5.74, 6) is -4.91. The van der Waals surface area contributed by atoms with Crippen LogP contribution >= 0.6 is 0 Å². The highest BCUT2D eigenvalue weighted by Crippen LogP contribution is 2.21. The summed E-state index contributed by atoms with van der Waals surface area (Å²) in [5.41, 5.74) is -0.140. The lowest BCUT2D eigenvalue weighted by molar-refractivity contribution is -0.137. The summed E-state index contributed by atoms with van der Waals surface area (Å²) in [6, 6.07) is 2.20. The van der Waals surface area contributed by atoms with Gasteiger partial charge in [0.1, 0.15) is 0 Å². The Balaban J connectivity index is 3.23. The van der Waals surface area contributed by atoms with Crippen molar-refractivity contribution in [2.24, 2.45) is 0 Å². The summed E-state index contributed by atoms with van der Waals surface area (Å²) in [7, 11) is 0. The van der Waals surface area contributed by atoms with Gasteiger partial charge in [0.15, 0.2) is 11.6 Å². The number of hydrogen-bond acceptors (Lipinski definition) is 3. The molecule has 0 fully saturated rings. The van der Waals surface area contributed by atoms with Gasteiger partial charge in [-0.25, -0.2) is 13.6 Å². The van der Waals surface area contributed by atoms with Crippen molar-refractivity contribution in [2.75, 3.05) is 6.61 Å². The first-order chi connectivity index (χ1) is 8.38. The number of ether oxygens (including phenoxy) is 1. The van der Waals surface area contributed by atoms with Gasteiger partial charge in [0.05, 0.1) is 12.2 Å². The van der Waals surface area contributed by atoms with Gasteiger partial charge in [-0.05, 0) is 30.5 Å². The van der Waals surface area contributed by atoms with Gasteiger partial charge >= 0.3 is 5.97 Å². The summed E-state index contributed by atoms with van der Waals surface area (Å²) in [6.07, 6.45) is 0. The molecule has 3 nitrogen and oxygen atoms in total. The lowest BCUT2D eigenvalue weighted by atomic mass is 9.98. The molecular weight excluding hydrogens is 242 g/mol. The topological polar surface area (TPSA) is 43.4 Å². The van der Waals surface area contributed by atoms with Crippen LogP contribution < -0.4 is 0 Å². The zero-order valence-corrected chi connectivity index (χ0v) is 10.4. The molecule has 0 N–H and O–H groups in total. The van der Waals surface area contributed by atoms with E-state index in [-0.39, 0.29) is 12.5 Å². The molecule has 0 bridgehead atoms. The molecule has 0 aromatic heterocycles. The summed E-state index contributed by atoms with van der Waals surface area (Å²) < 4.78 is 31.3. The highest BCUT2D eigenvalue weighted by Gasteiger charge is 2.24. The van der Waals surface area contributed by atoms with Gasteiger partial charge in [-0.3, -0.25) is 4.79 Å². The van der Waals surface area contributed by atoms with Crippen molar-refractivity contribution in [1.82, 2.24) is 0 Å². The van der Waals surface area contributed by atoms with Gasteiger partial charge in [0.25, 0.3) is 5.78 Å². The van der Waals surface area contributed by atoms with Crippen LogP contribution in [0.25, 0.3) is 0 Å². The fourth-order valence-corrected chi connectivity index (χ4v) is 1.42. The predicted octanol–water partition coefficient (Wildman–Crippen LogP) is 2.83. The van der Waals surface area contributed by atoms with E-state index in [4.69, 9.17) is 0 Å². The van der Waals surface area contributed by atoms with Crippen LogP contribution in [0.5, 0.6) is 0 Å². The molecule has 0 atom stereocenters. The zero-order chi connectivity index (χ0) is 13.9. The third-order valence-electron chi connectivity index (χ3n) is 2.42. The summed E-state index contributed by atoms with van der Waals surface area (Å²) in [4.78, 5) is 22.8. The largest absolute Gasteiger partial charge is 0.460 e. The van der Waals surface area contributed by atoms with E-state index in [1.54, 1.807) is 13.8 Å². The average Bonchev–Trinajstić information content (AvgIpc) is 2.31. The van der Waals surface area contributed by atoms with E-state index in [0.717, 1.165) is 6.07 Å². The Morgan fingerprint density at radius 1 is 1.28 bits per heavy atom. The van der Waals surface area contributed by atoms with Gasteiger partial charge < -0.3 is 4.74 Å². The summed E-state index contributed by atoms with van der Waals surface area (Å²) in [5, 5.41) is 0. The number of esters is 1. The van der Waals surface area contributed by atoms with Crippen LogP contribution in [0.15, 0.2) is 12.1 Å². The van der Waals surface area contributed by atoms with E-state index in [9.17, 15) is 18.4 Å². The van der Waals surface area contributed by atoms with E-state index in [1.165, 1.54) is 13.0 Å². The maximum Gasteiger partial charge on any atom is 0.379 e. The molecule has 0 radical (unpaired) electrons. The Kier molecular flexibility index (Phi) is 4.53. The fraction of sp³-hybridized carbons (Fsp3) is 0.385. The molecule has 1 aromatic rings. The van der Waals surface area contributed by atoms with Gasteiger partial charge in [0.2, 0.25) is 0 Å². The van der Waals surface area contributed by atoms with Crippen molar-refractivity contribution in [2.45, 2.75) is 26.7 Å². The SMILES string of the molecule is CCOC(=O)C(=O)c1cc(C(C)C)cc(F)c1F. The minimum absolute atomic E-state index is 0.00144. The molecular formula is C13H14F2O3. The highest BCUT2D eigenvalue weighted by molar-refractivity contribution is 6.40. The van der Waals surface area contributed by atoms with E-state index in [0.29, 0.717) is 5.56 Å². The molecule has 18 heavy (non-hydrogen) atoms. The normalized spacial score (nSPS) is 10.6. The van der Waals surface area contributed by atoms with Crippen LogP contribution in [0.3, 0.4) is 0 Å². The Morgan fingerprint density at radius 2 is 1.89 bits per heavy atom. The molecule has 0 aliphatic carbocycles. The van der Waals surface area contributed by atoms with Crippen LogP contribution in [0, 0.1) is 11.6 Å². The zero-order valence-electron chi connectivity index (χ0n) is 10.4. The van der Waals surface area contributed by atoms with Crippen molar-refractivity contribution >= 4 is 11.8 Å². The molecule has 0 unspecified atom stereocenters. The molecule has 0 aliphatic heterocycles. The number of hydrogen-bond donors (Lipinski definition) is 0. The smallest absolute Gasteiger partial charge is 0.379 e. The van der Waals surface area contributed by atoms with Crippen LogP contribution in [0.1, 0.15) is 42.6 Å². The van der Waals surface area contributed by atoms with Gasteiger partial charge in [0, 0.05) is 0 Å². The number of carbonyl (C=O) groups is 2. The fourth-order valence-electron chi connectivity index (χ4n) is 1.42. The Morgan fingerprint density at radius 3 is 2.39 bits per heavy atom. The molecule has 0 spiro atoms. The first-order valence-corrected chi connectivity index (χ1v) is 5.58. The number of Topliss-reactive ketones (excluding diaryl/α,β-unsaturated/α-hetero) is 1. The second-order valence-corrected chi connectivity index (χ2v) is 4.07. The van der Waals surface area contributed by atoms with E-state index in [2.05, 4.69) is 4.74 Å². The van der Waals surface area contributed by atoms with Crippen LogP contribution in [-0.4, -0.2) is 18.4 Å². The van der Waals surface area contributed by atoms with Gasteiger partial charge in [-0.2, -0.15) is 0 Å². The van der Waals surface area contributed by atoms with Crippen molar-refractivity contribution in [3.63, 3.8) is 0 Å². The molecule has 98 valence electrons. The van der Waals surface area contributed by atoms with E-state index < -0.39 is 29.0 Å². The maximum absolute atomic E-state index is 13.5. The molecule has 0 saturated carbocycles. The Bertz CT molecular complexity index is 481. The quantitative estimate of drug-likeness (QED) is 0.472. The summed E-state index contributed by atoms with van der Waals surface area (Å²) in [6.45, 7) is 5.06. The molecule has 1 rings (SSSR count). The van der Waals surface area contributed by atoms with Crippen molar-refractivity contribution in [3.05, 3.63) is 34.9 Å². The number of halogens is 2.